The van der Waals surface area contributed by atoms with Crippen LogP contribution in [-0.2, 0) is 6.54 Å². The summed E-state index contributed by atoms with van der Waals surface area (Å²) in [5.74, 6) is 1.91. The summed E-state index contributed by atoms with van der Waals surface area (Å²) in [6.07, 6.45) is 4.80. The van der Waals surface area contributed by atoms with Crippen LogP contribution in [0.2, 0.25) is 5.02 Å². The van der Waals surface area contributed by atoms with E-state index in [0.717, 1.165) is 25.1 Å². The van der Waals surface area contributed by atoms with Gasteiger partial charge >= 0.3 is 0 Å². The summed E-state index contributed by atoms with van der Waals surface area (Å²) in [5, 5.41) is 8.70. The van der Waals surface area contributed by atoms with E-state index in [-0.39, 0.29) is 11.8 Å². The Bertz CT molecular complexity index is 736. The maximum atomic E-state index is 12.6. The average molecular weight is 336 g/mol. The zero-order valence-electron chi connectivity index (χ0n) is 12.9. The molecule has 0 N–H and O–H groups in total. The van der Waals surface area contributed by atoms with Gasteiger partial charge in [0.2, 0.25) is 5.89 Å². The Kier molecular flexibility index (Phi) is 3.60. The molecule has 3 heterocycles. The number of rotatable bonds is 4. The van der Waals surface area contributed by atoms with E-state index >= 15 is 0 Å². The molecule has 23 heavy (non-hydrogen) atoms. The van der Waals surface area contributed by atoms with Crippen molar-refractivity contribution in [2.75, 3.05) is 13.1 Å². The third-order valence-electron chi connectivity index (χ3n) is 4.47. The molecular formula is C15H18ClN5O2. The van der Waals surface area contributed by atoms with Crippen LogP contribution in [-0.4, -0.2) is 43.8 Å². The van der Waals surface area contributed by atoms with Gasteiger partial charge in [-0.3, -0.25) is 9.48 Å². The summed E-state index contributed by atoms with van der Waals surface area (Å²) in [6.45, 7) is 3.86. The molecule has 1 amide bonds. The Morgan fingerprint density at radius 1 is 1.39 bits per heavy atom. The quantitative estimate of drug-likeness (QED) is 0.857. The van der Waals surface area contributed by atoms with E-state index in [1.807, 2.05) is 6.92 Å². The number of nitrogens with zero attached hydrogens (tertiary/aromatic N) is 5. The molecule has 2 aliphatic rings. The molecule has 1 saturated heterocycles. The van der Waals surface area contributed by atoms with E-state index in [1.165, 1.54) is 0 Å². The molecule has 8 heteroatoms. The highest BCUT2D eigenvalue weighted by molar-refractivity contribution is 6.33. The molecule has 0 spiro atoms. The maximum Gasteiger partial charge on any atom is 0.275 e. The number of amides is 1. The van der Waals surface area contributed by atoms with E-state index < -0.39 is 0 Å². The number of aromatic nitrogens is 4. The smallest absolute Gasteiger partial charge is 0.275 e. The summed E-state index contributed by atoms with van der Waals surface area (Å²) in [4.78, 5) is 18.9. The predicted octanol–water partition coefficient (Wildman–Crippen LogP) is 2.45. The van der Waals surface area contributed by atoms with Crippen LogP contribution in [0.4, 0.5) is 0 Å². The van der Waals surface area contributed by atoms with Gasteiger partial charge in [-0.1, -0.05) is 16.8 Å². The zero-order chi connectivity index (χ0) is 16.0. The molecule has 7 nitrogen and oxygen atoms in total. The van der Waals surface area contributed by atoms with Crippen molar-refractivity contribution in [1.82, 2.24) is 24.8 Å². The zero-order valence-corrected chi connectivity index (χ0v) is 13.7. The second kappa shape index (κ2) is 5.63. The number of halogens is 1. The van der Waals surface area contributed by atoms with Crippen LogP contribution in [0.25, 0.3) is 0 Å². The lowest BCUT2D eigenvalue weighted by atomic mass is 10.1. The Labute approximate surface area is 138 Å². The van der Waals surface area contributed by atoms with Crippen LogP contribution in [0.1, 0.15) is 60.2 Å². The van der Waals surface area contributed by atoms with Crippen LogP contribution in [0.5, 0.6) is 0 Å². The first kappa shape index (κ1) is 14.7. The summed E-state index contributed by atoms with van der Waals surface area (Å²) in [6, 6.07) is 0. The van der Waals surface area contributed by atoms with Crippen molar-refractivity contribution in [3.63, 3.8) is 0 Å². The summed E-state index contributed by atoms with van der Waals surface area (Å²) in [7, 11) is 0. The molecule has 122 valence electrons. The van der Waals surface area contributed by atoms with Crippen molar-refractivity contribution in [1.29, 1.82) is 0 Å². The first-order valence-electron chi connectivity index (χ1n) is 8.01. The number of carbonyl (C=O) groups excluding carboxylic acids is 1. The second-order valence-electron chi connectivity index (χ2n) is 6.18. The van der Waals surface area contributed by atoms with Crippen molar-refractivity contribution in [2.24, 2.45) is 0 Å². The van der Waals surface area contributed by atoms with Gasteiger partial charge in [0.05, 0.1) is 10.9 Å². The number of hydrogen-bond acceptors (Lipinski definition) is 5. The molecule has 0 unspecified atom stereocenters. The van der Waals surface area contributed by atoms with Crippen LogP contribution in [0.3, 0.4) is 0 Å². The minimum absolute atomic E-state index is 0.103. The summed E-state index contributed by atoms with van der Waals surface area (Å²) < 4.78 is 7.05. The van der Waals surface area contributed by atoms with Gasteiger partial charge in [0, 0.05) is 31.7 Å². The first-order chi connectivity index (χ1) is 11.2. The van der Waals surface area contributed by atoms with E-state index in [9.17, 15) is 4.79 Å². The van der Waals surface area contributed by atoms with Crippen molar-refractivity contribution >= 4 is 17.5 Å². The third-order valence-corrected chi connectivity index (χ3v) is 4.74. The van der Waals surface area contributed by atoms with Gasteiger partial charge in [-0.05, 0) is 26.2 Å². The highest BCUT2D eigenvalue weighted by Gasteiger charge is 2.35. The van der Waals surface area contributed by atoms with Gasteiger partial charge in [0.15, 0.2) is 11.5 Å². The van der Waals surface area contributed by atoms with E-state index in [1.54, 1.807) is 15.8 Å². The molecule has 0 radical (unpaired) electrons. The van der Waals surface area contributed by atoms with Crippen molar-refractivity contribution in [2.45, 2.75) is 44.6 Å². The van der Waals surface area contributed by atoms with Crippen LogP contribution >= 0.6 is 11.6 Å². The molecule has 2 aromatic heterocycles. The van der Waals surface area contributed by atoms with Crippen LogP contribution in [0, 0.1) is 0 Å². The molecule has 1 atom stereocenters. The maximum absolute atomic E-state index is 12.6. The number of hydrogen-bond donors (Lipinski definition) is 0. The fourth-order valence-electron chi connectivity index (χ4n) is 2.92. The normalized spacial score (nSPS) is 21.1. The molecule has 1 saturated carbocycles. The molecule has 4 rings (SSSR count). The fourth-order valence-corrected chi connectivity index (χ4v) is 3.15. The van der Waals surface area contributed by atoms with Gasteiger partial charge in [0.25, 0.3) is 5.91 Å². The van der Waals surface area contributed by atoms with Crippen LogP contribution < -0.4 is 0 Å². The highest BCUT2D eigenvalue weighted by Crippen LogP contribution is 2.39. The van der Waals surface area contributed by atoms with E-state index in [4.69, 9.17) is 16.1 Å². The molecular weight excluding hydrogens is 318 g/mol. The molecule has 0 bridgehead atoms. The standard InChI is InChI=1S/C15H18ClN5O2/c1-2-21-8-11(16)12(18-21)15(22)20-6-5-10(7-20)14-17-13(19-23-14)9-3-4-9/h8-10H,2-7H2,1H3/t10-/m1/s1. The van der Waals surface area contributed by atoms with Gasteiger partial charge in [-0.15, -0.1) is 0 Å². The molecule has 0 aromatic carbocycles. The predicted molar refractivity (Wildman–Crippen MR) is 82.4 cm³/mol. The fraction of sp³-hybridized carbons (Fsp3) is 0.600. The Morgan fingerprint density at radius 2 is 2.22 bits per heavy atom. The van der Waals surface area contributed by atoms with Gasteiger partial charge in [0.1, 0.15) is 0 Å². The number of carbonyl (C=O) groups is 1. The Balaban J connectivity index is 1.46. The Morgan fingerprint density at radius 3 is 2.91 bits per heavy atom. The van der Waals surface area contributed by atoms with Crippen molar-refractivity contribution < 1.29 is 9.32 Å². The lowest BCUT2D eigenvalue weighted by molar-refractivity contribution is 0.0783. The van der Waals surface area contributed by atoms with Gasteiger partial charge in [-0.25, -0.2) is 0 Å². The van der Waals surface area contributed by atoms with E-state index in [2.05, 4.69) is 15.2 Å². The second-order valence-corrected chi connectivity index (χ2v) is 6.59. The average Bonchev–Trinajstić information content (AvgIpc) is 2.99. The SMILES string of the molecule is CCn1cc(Cl)c(C(=O)N2CC[C@@H](c3nc(C4CC4)no3)C2)n1. The van der Waals surface area contributed by atoms with Gasteiger partial charge in [-0.2, -0.15) is 10.1 Å². The molecule has 1 aliphatic heterocycles. The van der Waals surface area contributed by atoms with E-state index in [0.29, 0.717) is 42.2 Å². The van der Waals surface area contributed by atoms with Crippen LogP contribution in [0.15, 0.2) is 10.7 Å². The molecule has 2 aromatic rings. The lowest BCUT2D eigenvalue weighted by Crippen LogP contribution is -2.29. The number of likely N-dealkylation sites (tertiary alicyclic amines) is 1. The topological polar surface area (TPSA) is 77.0 Å². The summed E-state index contributed by atoms with van der Waals surface area (Å²) in [5.41, 5.74) is 0.318. The molecule has 2 fully saturated rings. The Hall–Kier alpha value is -1.89. The number of aryl methyl sites for hydroxylation is 1. The lowest BCUT2D eigenvalue weighted by Gasteiger charge is -2.14. The summed E-state index contributed by atoms with van der Waals surface area (Å²) >= 11 is 6.12. The third kappa shape index (κ3) is 2.73. The molecule has 1 aliphatic carbocycles. The van der Waals surface area contributed by atoms with Crippen molar-refractivity contribution in [3.8, 4) is 0 Å². The minimum Gasteiger partial charge on any atom is -0.339 e. The monoisotopic (exact) mass is 335 g/mol. The largest absolute Gasteiger partial charge is 0.339 e. The minimum atomic E-state index is -0.133. The van der Waals surface area contributed by atoms with Gasteiger partial charge < -0.3 is 9.42 Å². The first-order valence-corrected chi connectivity index (χ1v) is 8.39. The van der Waals surface area contributed by atoms with Crippen molar-refractivity contribution in [3.05, 3.63) is 28.6 Å². The highest BCUT2D eigenvalue weighted by atomic mass is 35.5.